The van der Waals surface area contributed by atoms with Crippen LogP contribution in [0.15, 0.2) is 0 Å². The van der Waals surface area contributed by atoms with E-state index >= 15 is 0 Å². The van der Waals surface area contributed by atoms with E-state index in [1.807, 2.05) is 6.92 Å². The number of nitriles is 1. The second-order valence-electron chi connectivity index (χ2n) is 4.53. The van der Waals surface area contributed by atoms with Crippen molar-refractivity contribution in [2.24, 2.45) is 0 Å². The molecular weight excluding hydrogens is 222 g/mol. The largest absolute Gasteiger partial charge is 0.323 e. The Bertz CT molecular complexity index is 320. The molecule has 4 nitrogen and oxygen atoms in total. The Morgan fingerprint density at radius 2 is 2.50 bits per heavy atom. The lowest BCUT2D eigenvalue weighted by molar-refractivity contribution is -0.135. The van der Waals surface area contributed by atoms with Crippen LogP contribution in [0, 0.1) is 11.3 Å². The molecule has 0 saturated carbocycles. The van der Waals surface area contributed by atoms with Gasteiger partial charge in [0.05, 0.1) is 10.8 Å². The molecule has 2 saturated heterocycles. The molecule has 1 amide bonds. The van der Waals surface area contributed by atoms with Gasteiger partial charge in [-0.05, 0) is 25.5 Å². The van der Waals surface area contributed by atoms with Crippen molar-refractivity contribution in [2.75, 3.05) is 25.4 Å². The van der Waals surface area contributed by atoms with E-state index in [0.29, 0.717) is 13.1 Å². The lowest BCUT2D eigenvalue weighted by Crippen LogP contribution is -2.57. The van der Waals surface area contributed by atoms with E-state index in [0.717, 1.165) is 25.1 Å². The Hall–Kier alpha value is -0.730. The Morgan fingerprint density at radius 1 is 1.69 bits per heavy atom. The first-order chi connectivity index (χ1) is 7.67. The quantitative estimate of drug-likeness (QED) is 0.728. The second-order valence-corrected chi connectivity index (χ2v) is 6.13. The summed E-state index contributed by atoms with van der Waals surface area (Å²) in [4.78, 5) is 14.2. The molecule has 0 aromatic rings. The number of amides is 1. The molecule has 2 atom stereocenters. The van der Waals surface area contributed by atoms with E-state index in [9.17, 15) is 4.79 Å². The summed E-state index contributed by atoms with van der Waals surface area (Å²) in [5.74, 6) is 1.22. The molecule has 2 aliphatic rings. The van der Waals surface area contributed by atoms with Crippen molar-refractivity contribution in [1.29, 1.82) is 5.26 Å². The second kappa shape index (κ2) is 4.64. The molecular formula is C11H17N3OS. The van der Waals surface area contributed by atoms with Crippen molar-refractivity contribution in [3.63, 3.8) is 0 Å². The van der Waals surface area contributed by atoms with Gasteiger partial charge in [0, 0.05) is 19.6 Å². The predicted octanol–water partition coefficient (Wildman–Crippen LogP) is 0.596. The van der Waals surface area contributed by atoms with Crippen LogP contribution in [0.5, 0.6) is 0 Å². The standard InChI is InChI=1S/C11H17N3OS/c1-11(3-2-6-16-11)10(15)14-5-4-13-8-9(14)7-12/h9,13H,2-6,8H2,1H3. The summed E-state index contributed by atoms with van der Waals surface area (Å²) >= 11 is 1.74. The van der Waals surface area contributed by atoms with Crippen LogP contribution in [0.4, 0.5) is 0 Å². The molecule has 16 heavy (non-hydrogen) atoms. The molecule has 1 N–H and O–H groups in total. The maximum absolute atomic E-state index is 12.4. The van der Waals surface area contributed by atoms with Crippen LogP contribution in [0.25, 0.3) is 0 Å². The zero-order chi connectivity index (χ0) is 11.6. The molecule has 0 bridgehead atoms. The molecule has 2 aliphatic heterocycles. The van der Waals surface area contributed by atoms with Gasteiger partial charge in [-0.1, -0.05) is 0 Å². The summed E-state index contributed by atoms with van der Waals surface area (Å²) in [6.07, 6.45) is 2.05. The van der Waals surface area contributed by atoms with E-state index in [-0.39, 0.29) is 16.7 Å². The highest BCUT2D eigenvalue weighted by Crippen LogP contribution is 2.39. The fraction of sp³-hybridized carbons (Fsp3) is 0.818. The summed E-state index contributed by atoms with van der Waals surface area (Å²) in [5.41, 5.74) is 0. The number of hydrogen-bond acceptors (Lipinski definition) is 4. The minimum atomic E-state index is -0.292. The molecule has 0 radical (unpaired) electrons. The number of nitrogens with zero attached hydrogens (tertiary/aromatic N) is 2. The maximum atomic E-state index is 12.4. The SMILES string of the molecule is CC1(C(=O)N2CCNCC2C#N)CCCS1. The van der Waals surface area contributed by atoms with Crippen molar-refractivity contribution >= 4 is 17.7 Å². The molecule has 2 fully saturated rings. The normalized spacial score (nSPS) is 34.8. The topological polar surface area (TPSA) is 56.1 Å². The molecule has 88 valence electrons. The van der Waals surface area contributed by atoms with Gasteiger partial charge in [0.15, 0.2) is 0 Å². The van der Waals surface area contributed by atoms with Gasteiger partial charge in [-0.15, -0.1) is 11.8 Å². The number of piperazine rings is 1. The Morgan fingerprint density at radius 3 is 3.12 bits per heavy atom. The van der Waals surface area contributed by atoms with Crippen molar-refractivity contribution in [2.45, 2.75) is 30.6 Å². The first-order valence-corrected chi connectivity index (χ1v) is 6.71. The number of nitrogens with one attached hydrogen (secondary N) is 1. The van der Waals surface area contributed by atoms with Crippen LogP contribution in [0.3, 0.4) is 0 Å². The van der Waals surface area contributed by atoms with E-state index in [1.54, 1.807) is 16.7 Å². The molecule has 2 unspecified atom stereocenters. The summed E-state index contributed by atoms with van der Waals surface area (Å²) in [6.45, 7) is 4.07. The molecule has 0 aromatic carbocycles. The molecule has 2 heterocycles. The van der Waals surface area contributed by atoms with Crippen LogP contribution >= 0.6 is 11.8 Å². The molecule has 0 aromatic heterocycles. The van der Waals surface area contributed by atoms with Gasteiger partial charge in [0.25, 0.3) is 0 Å². The van der Waals surface area contributed by atoms with Crippen LogP contribution in [-0.4, -0.2) is 47.0 Å². The number of hydrogen-bond donors (Lipinski definition) is 1. The highest BCUT2D eigenvalue weighted by atomic mass is 32.2. The van der Waals surface area contributed by atoms with Crippen molar-refractivity contribution < 1.29 is 4.79 Å². The van der Waals surface area contributed by atoms with Crippen LogP contribution in [-0.2, 0) is 4.79 Å². The average molecular weight is 239 g/mol. The molecule has 0 spiro atoms. The van der Waals surface area contributed by atoms with Crippen LogP contribution < -0.4 is 5.32 Å². The lowest BCUT2D eigenvalue weighted by Gasteiger charge is -2.37. The molecule has 0 aliphatic carbocycles. The Balaban J connectivity index is 2.10. The third-order valence-corrected chi connectivity index (χ3v) is 4.83. The number of carbonyl (C=O) groups excluding carboxylic acids is 1. The van der Waals surface area contributed by atoms with Gasteiger partial charge in [-0.2, -0.15) is 5.26 Å². The summed E-state index contributed by atoms with van der Waals surface area (Å²) in [5, 5.41) is 12.2. The van der Waals surface area contributed by atoms with Gasteiger partial charge in [0.1, 0.15) is 6.04 Å². The monoisotopic (exact) mass is 239 g/mol. The predicted molar refractivity (Wildman–Crippen MR) is 64.1 cm³/mol. The summed E-state index contributed by atoms with van der Waals surface area (Å²) < 4.78 is -0.285. The van der Waals surface area contributed by atoms with Gasteiger partial charge >= 0.3 is 0 Å². The van der Waals surface area contributed by atoms with E-state index < -0.39 is 0 Å². The zero-order valence-electron chi connectivity index (χ0n) is 9.53. The van der Waals surface area contributed by atoms with Crippen molar-refractivity contribution in [3.8, 4) is 6.07 Å². The fourth-order valence-corrected chi connectivity index (χ4v) is 3.58. The lowest BCUT2D eigenvalue weighted by atomic mass is 10.0. The van der Waals surface area contributed by atoms with E-state index in [1.165, 1.54) is 0 Å². The number of thioether (sulfide) groups is 1. The van der Waals surface area contributed by atoms with E-state index in [4.69, 9.17) is 5.26 Å². The minimum Gasteiger partial charge on any atom is -0.323 e. The van der Waals surface area contributed by atoms with Crippen LogP contribution in [0.2, 0.25) is 0 Å². The average Bonchev–Trinajstić information content (AvgIpc) is 2.76. The van der Waals surface area contributed by atoms with Gasteiger partial charge in [0.2, 0.25) is 5.91 Å². The molecule has 2 rings (SSSR count). The van der Waals surface area contributed by atoms with Gasteiger partial charge in [-0.3, -0.25) is 4.79 Å². The number of carbonyl (C=O) groups is 1. The van der Waals surface area contributed by atoms with E-state index in [2.05, 4.69) is 11.4 Å². The molecule has 5 heteroatoms. The number of rotatable bonds is 1. The highest BCUT2D eigenvalue weighted by Gasteiger charge is 2.42. The Kier molecular flexibility index (Phi) is 3.41. The fourth-order valence-electron chi connectivity index (χ4n) is 2.31. The first kappa shape index (κ1) is 11.7. The minimum absolute atomic E-state index is 0.156. The van der Waals surface area contributed by atoms with Crippen LogP contribution in [0.1, 0.15) is 19.8 Å². The summed E-state index contributed by atoms with van der Waals surface area (Å²) in [6, 6.07) is 1.92. The van der Waals surface area contributed by atoms with Gasteiger partial charge in [-0.25, -0.2) is 0 Å². The van der Waals surface area contributed by atoms with Crippen molar-refractivity contribution in [3.05, 3.63) is 0 Å². The maximum Gasteiger partial charge on any atom is 0.239 e. The first-order valence-electron chi connectivity index (χ1n) is 5.73. The Labute approximate surface area is 100 Å². The smallest absolute Gasteiger partial charge is 0.239 e. The third kappa shape index (κ3) is 2.04. The highest BCUT2D eigenvalue weighted by molar-refractivity contribution is 8.01. The third-order valence-electron chi connectivity index (χ3n) is 3.32. The summed E-state index contributed by atoms with van der Waals surface area (Å²) in [7, 11) is 0. The van der Waals surface area contributed by atoms with Crippen molar-refractivity contribution in [1.82, 2.24) is 10.2 Å². The van der Waals surface area contributed by atoms with Gasteiger partial charge < -0.3 is 10.2 Å². The zero-order valence-corrected chi connectivity index (χ0v) is 10.3.